The van der Waals surface area contributed by atoms with Gasteiger partial charge in [-0.05, 0) is 39.3 Å². The van der Waals surface area contributed by atoms with Gasteiger partial charge in [-0.3, -0.25) is 9.59 Å². The number of hydrogen-bond donors (Lipinski definition) is 0. The minimum atomic E-state index is -0.599. The fourth-order valence-electron chi connectivity index (χ4n) is 2.46. The second-order valence-corrected chi connectivity index (χ2v) is 5.68. The normalized spacial score (nSPS) is 16.7. The summed E-state index contributed by atoms with van der Waals surface area (Å²) in [6.45, 7) is 7.55. The molecule has 19 heavy (non-hydrogen) atoms. The molecule has 2 rings (SSSR count). The van der Waals surface area contributed by atoms with Gasteiger partial charge in [-0.25, -0.2) is 0 Å². The first-order valence-electron chi connectivity index (χ1n) is 6.37. The van der Waals surface area contributed by atoms with Gasteiger partial charge in [0.2, 0.25) is 5.91 Å². The van der Waals surface area contributed by atoms with Gasteiger partial charge in [0.1, 0.15) is 5.75 Å². The average Bonchev–Trinajstić information content (AvgIpc) is 2.50. The van der Waals surface area contributed by atoms with Crippen molar-refractivity contribution in [2.75, 3.05) is 11.9 Å². The molecule has 0 fully saturated rings. The molecule has 0 radical (unpaired) electrons. The Hall–Kier alpha value is -1.84. The quantitative estimate of drug-likeness (QED) is 0.785. The van der Waals surface area contributed by atoms with E-state index in [2.05, 4.69) is 0 Å². The Morgan fingerprint density at radius 2 is 1.95 bits per heavy atom. The van der Waals surface area contributed by atoms with Crippen LogP contribution in [0.15, 0.2) is 12.1 Å². The molecule has 1 heterocycles. The van der Waals surface area contributed by atoms with Crippen LogP contribution < -0.4 is 9.64 Å². The Kier molecular flexibility index (Phi) is 3.12. The van der Waals surface area contributed by atoms with E-state index in [1.165, 1.54) is 0 Å². The van der Waals surface area contributed by atoms with Gasteiger partial charge in [-0.1, -0.05) is 0 Å². The number of fused-ring (bicyclic) bond motifs is 1. The van der Waals surface area contributed by atoms with Crippen molar-refractivity contribution in [1.82, 2.24) is 0 Å². The molecule has 0 aliphatic carbocycles. The summed E-state index contributed by atoms with van der Waals surface area (Å²) in [7, 11) is 1.75. The number of ether oxygens (including phenoxy) is 1. The number of rotatable bonds is 3. The van der Waals surface area contributed by atoms with E-state index in [1.54, 1.807) is 24.1 Å². The Morgan fingerprint density at radius 3 is 2.47 bits per heavy atom. The lowest BCUT2D eigenvalue weighted by Crippen LogP contribution is -2.33. The van der Waals surface area contributed by atoms with E-state index >= 15 is 0 Å². The van der Waals surface area contributed by atoms with E-state index < -0.39 is 5.41 Å². The molecule has 0 aromatic heterocycles. The highest BCUT2D eigenvalue weighted by Gasteiger charge is 2.42. The summed E-state index contributed by atoms with van der Waals surface area (Å²) in [5.74, 6) is 0.558. The second-order valence-electron chi connectivity index (χ2n) is 5.68. The largest absolute Gasteiger partial charge is 0.490 e. The van der Waals surface area contributed by atoms with Crippen LogP contribution in [0.1, 0.15) is 43.6 Å². The Balaban J connectivity index is 2.62. The summed E-state index contributed by atoms with van der Waals surface area (Å²) in [6, 6.07) is 3.55. The summed E-state index contributed by atoms with van der Waals surface area (Å²) < 4.78 is 5.64. The van der Waals surface area contributed by atoms with Crippen molar-refractivity contribution >= 4 is 17.9 Å². The molecule has 0 bridgehead atoms. The number of hydrogen-bond acceptors (Lipinski definition) is 3. The van der Waals surface area contributed by atoms with Gasteiger partial charge < -0.3 is 9.64 Å². The van der Waals surface area contributed by atoms with Crippen molar-refractivity contribution in [3.63, 3.8) is 0 Å². The van der Waals surface area contributed by atoms with Crippen LogP contribution in [-0.2, 0) is 10.2 Å². The van der Waals surface area contributed by atoms with Gasteiger partial charge in [0.15, 0.2) is 6.29 Å². The maximum atomic E-state index is 12.2. The van der Waals surface area contributed by atoms with E-state index in [4.69, 9.17) is 4.74 Å². The number of carbonyl (C=O) groups excluding carboxylic acids is 2. The molecule has 1 aliphatic rings. The van der Waals surface area contributed by atoms with E-state index in [1.807, 2.05) is 27.7 Å². The lowest BCUT2D eigenvalue weighted by atomic mass is 9.85. The van der Waals surface area contributed by atoms with Gasteiger partial charge in [-0.2, -0.15) is 0 Å². The fourth-order valence-corrected chi connectivity index (χ4v) is 2.46. The van der Waals surface area contributed by atoms with E-state index in [0.717, 1.165) is 17.5 Å². The topological polar surface area (TPSA) is 46.6 Å². The molecular weight excluding hydrogens is 242 g/mol. The lowest BCUT2D eigenvalue weighted by Gasteiger charge is -2.17. The predicted octanol–water partition coefficient (Wildman–Crippen LogP) is 2.54. The minimum absolute atomic E-state index is 0.0211. The number of aldehydes is 1. The summed E-state index contributed by atoms with van der Waals surface area (Å²) in [5, 5.41) is 0. The zero-order chi connectivity index (χ0) is 14.4. The standard InChI is InChI=1S/C15H19NO3/c1-9(2)19-13-7-12-11(6-10(13)8-17)15(3,4)14(18)16(12)5/h6-9H,1-5H3. The molecule has 0 unspecified atom stereocenters. The van der Waals surface area contributed by atoms with Crippen molar-refractivity contribution in [3.8, 4) is 5.75 Å². The second kappa shape index (κ2) is 4.37. The van der Waals surface area contributed by atoms with Crippen LogP contribution in [0.25, 0.3) is 0 Å². The maximum Gasteiger partial charge on any atom is 0.236 e. The maximum absolute atomic E-state index is 12.2. The number of likely N-dealkylation sites (N-methyl/N-ethyl adjacent to an activating group) is 1. The number of carbonyl (C=O) groups is 2. The Morgan fingerprint density at radius 1 is 1.32 bits per heavy atom. The summed E-state index contributed by atoms with van der Waals surface area (Å²) in [5.41, 5.74) is 1.58. The van der Waals surface area contributed by atoms with Crippen LogP contribution in [0.5, 0.6) is 5.75 Å². The highest BCUT2D eigenvalue weighted by molar-refractivity contribution is 6.08. The smallest absolute Gasteiger partial charge is 0.236 e. The van der Waals surface area contributed by atoms with Gasteiger partial charge in [-0.15, -0.1) is 0 Å². The van der Waals surface area contributed by atoms with Crippen LogP contribution in [0, 0.1) is 0 Å². The molecule has 0 N–H and O–H groups in total. The number of amides is 1. The monoisotopic (exact) mass is 261 g/mol. The molecule has 102 valence electrons. The predicted molar refractivity (Wildman–Crippen MR) is 74.0 cm³/mol. The van der Waals surface area contributed by atoms with Crippen molar-refractivity contribution in [3.05, 3.63) is 23.3 Å². The summed E-state index contributed by atoms with van der Waals surface area (Å²) >= 11 is 0. The van der Waals surface area contributed by atoms with Gasteiger partial charge in [0.25, 0.3) is 0 Å². The van der Waals surface area contributed by atoms with Gasteiger partial charge >= 0.3 is 0 Å². The summed E-state index contributed by atoms with van der Waals surface area (Å²) in [4.78, 5) is 25.0. The highest BCUT2D eigenvalue weighted by Crippen LogP contribution is 2.43. The Bertz CT molecular complexity index is 547. The van der Waals surface area contributed by atoms with Gasteiger partial charge in [0.05, 0.1) is 22.8 Å². The third-order valence-electron chi connectivity index (χ3n) is 3.49. The SMILES string of the molecule is CC(C)Oc1cc2c(cc1C=O)C(C)(C)C(=O)N2C. The van der Waals surface area contributed by atoms with Crippen molar-refractivity contribution in [1.29, 1.82) is 0 Å². The first-order chi connectivity index (χ1) is 8.78. The molecule has 0 saturated carbocycles. The van der Waals surface area contributed by atoms with Crippen LogP contribution in [0.4, 0.5) is 5.69 Å². The molecule has 1 aromatic carbocycles. The van der Waals surface area contributed by atoms with Gasteiger partial charge in [0, 0.05) is 13.1 Å². The molecule has 1 amide bonds. The van der Waals surface area contributed by atoms with Crippen LogP contribution in [0.3, 0.4) is 0 Å². The average molecular weight is 261 g/mol. The molecule has 4 heteroatoms. The van der Waals surface area contributed by atoms with Crippen LogP contribution >= 0.6 is 0 Å². The fraction of sp³-hybridized carbons (Fsp3) is 0.467. The molecule has 1 aromatic rings. The molecular formula is C15H19NO3. The number of anilines is 1. The van der Waals surface area contributed by atoms with Crippen molar-refractivity contribution in [2.45, 2.75) is 39.2 Å². The third-order valence-corrected chi connectivity index (χ3v) is 3.49. The first kappa shape index (κ1) is 13.6. The van der Waals surface area contributed by atoms with Crippen LogP contribution in [-0.4, -0.2) is 25.3 Å². The molecule has 0 saturated heterocycles. The number of benzene rings is 1. The van der Waals surface area contributed by atoms with Crippen LogP contribution in [0.2, 0.25) is 0 Å². The molecule has 0 spiro atoms. The van der Waals surface area contributed by atoms with Crippen molar-refractivity contribution in [2.24, 2.45) is 0 Å². The summed E-state index contributed by atoms with van der Waals surface area (Å²) in [6.07, 6.45) is 0.754. The Labute approximate surface area is 113 Å². The molecule has 1 aliphatic heterocycles. The zero-order valence-electron chi connectivity index (χ0n) is 12.0. The zero-order valence-corrected chi connectivity index (χ0v) is 12.0. The molecule has 4 nitrogen and oxygen atoms in total. The van der Waals surface area contributed by atoms with E-state index in [9.17, 15) is 9.59 Å². The minimum Gasteiger partial charge on any atom is -0.490 e. The molecule has 0 atom stereocenters. The van der Waals surface area contributed by atoms with E-state index in [-0.39, 0.29) is 12.0 Å². The lowest BCUT2D eigenvalue weighted by molar-refractivity contribution is -0.121. The van der Waals surface area contributed by atoms with Crippen molar-refractivity contribution < 1.29 is 14.3 Å². The number of nitrogens with zero attached hydrogens (tertiary/aromatic N) is 1. The third kappa shape index (κ3) is 2.01. The first-order valence-corrected chi connectivity index (χ1v) is 6.37. The highest BCUT2D eigenvalue weighted by atomic mass is 16.5. The van der Waals surface area contributed by atoms with E-state index in [0.29, 0.717) is 11.3 Å².